The van der Waals surface area contributed by atoms with Gasteiger partial charge in [0.25, 0.3) is 11.8 Å². The summed E-state index contributed by atoms with van der Waals surface area (Å²) in [4.78, 5) is 24.4. The van der Waals surface area contributed by atoms with Gasteiger partial charge in [-0.2, -0.15) is 0 Å². The summed E-state index contributed by atoms with van der Waals surface area (Å²) < 4.78 is 0. The molecule has 0 spiro atoms. The van der Waals surface area contributed by atoms with E-state index in [1.54, 1.807) is 48.5 Å². The molecular formula is C20H13NO4. The number of rotatable bonds is 2. The molecule has 0 saturated heterocycles. The molecule has 2 amide bonds. The lowest BCUT2D eigenvalue weighted by molar-refractivity contribution is 0.0880. The maximum Gasteiger partial charge on any atom is 0.259 e. The molecule has 3 N–H and O–H groups in total. The highest BCUT2D eigenvalue weighted by atomic mass is 16.3. The van der Waals surface area contributed by atoms with Crippen LogP contribution in [-0.4, -0.2) is 22.0 Å². The van der Waals surface area contributed by atoms with Crippen LogP contribution in [0.2, 0.25) is 0 Å². The van der Waals surface area contributed by atoms with Crippen molar-refractivity contribution in [2.45, 2.75) is 0 Å². The number of benzene rings is 3. The van der Waals surface area contributed by atoms with E-state index in [4.69, 9.17) is 0 Å². The van der Waals surface area contributed by atoms with Crippen LogP contribution in [0.4, 0.5) is 0 Å². The Morgan fingerprint density at radius 3 is 1.68 bits per heavy atom. The fraction of sp³-hybridized carbons (Fsp3) is 0. The summed E-state index contributed by atoms with van der Waals surface area (Å²) >= 11 is 0. The molecule has 0 saturated carbocycles. The largest absolute Gasteiger partial charge is 0.508 e. The lowest BCUT2D eigenvalue weighted by Gasteiger charge is -2.14. The van der Waals surface area contributed by atoms with Gasteiger partial charge in [-0.15, -0.1) is 0 Å². The molecule has 1 heterocycles. The lowest BCUT2D eigenvalue weighted by atomic mass is 9.88. The van der Waals surface area contributed by atoms with Crippen molar-refractivity contribution in [3.05, 3.63) is 71.8 Å². The highest BCUT2D eigenvalue weighted by Gasteiger charge is 2.31. The van der Waals surface area contributed by atoms with Crippen molar-refractivity contribution in [3.63, 3.8) is 0 Å². The van der Waals surface area contributed by atoms with Crippen LogP contribution in [0, 0.1) is 0 Å². The average Bonchev–Trinajstić information content (AvgIpc) is 2.90. The van der Waals surface area contributed by atoms with Crippen LogP contribution < -0.4 is 5.32 Å². The molecule has 4 rings (SSSR count). The van der Waals surface area contributed by atoms with Gasteiger partial charge >= 0.3 is 0 Å². The number of phenols is 2. The normalized spacial score (nSPS) is 12.8. The van der Waals surface area contributed by atoms with Crippen molar-refractivity contribution < 1.29 is 19.8 Å². The van der Waals surface area contributed by atoms with E-state index in [0.29, 0.717) is 22.3 Å². The van der Waals surface area contributed by atoms with Crippen molar-refractivity contribution in [1.82, 2.24) is 5.32 Å². The molecule has 1 aliphatic heterocycles. The van der Waals surface area contributed by atoms with Crippen LogP contribution in [-0.2, 0) is 0 Å². The third kappa shape index (κ3) is 2.42. The molecular weight excluding hydrogens is 318 g/mol. The molecule has 3 aromatic carbocycles. The van der Waals surface area contributed by atoms with E-state index >= 15 is 0 Å². The van der Waals surface area contributed by atoms with E-state index in [9.17, 15) is 19.8 Å². The lowest BCUT2D eigenvalue weighted by Crippen LogP contribution is -2.20. The summed E-state index contributed by atoms with van der Waals surface area (Å²) in [5.74, 6) is -0.604. The smallest absolute Gasteiger partial charge is 0.259 e. The van der Waals surface area contributed by atoms with Crippen LogP contribution in [0.3, 0.4) is 0 Å². The van der Waals surface area contributed by atoms with Gasteiger partial charge in [0, 0.05) is 5.56 Å². The Hall–Kier alpha value is -3.60. The second-order valence-electron chi connectivity index (χ2n) is 5.79. The van der Waals surface area contributed by atoms with Gasteiger partial charge in [-0.05, 0) is 47.0 Å². The first kappa shape index (κ1) is 15.0. The maximum absolute atomic E-state index is 12.4. The van der Waals surface area contributed by atoms with Crippen LogP contribution in [0.1, 0.15) is 20.7 Å². The first-order chi connectivity index (χ1) is 12.0. The highest BCUT2D eigenvalue weighted by Crippen LogP contribution is 2.39. The van der Waals surface area contributed by atoms with Gasteiger partial charge < -0.3 is 10.2 Å². The van der Waals surface area contributed by atoms with Gasteiger partial charge in [0.1, 0.15) is 11.5 Å². The Labute approximate surface area is 143 Å². The first-order valence-electron chi connectivity index (χ1n) is 7.66. The zero-order valence-corrected chi connectivity index (χ0v) is 13.0. The summed E-state index contributed by atoms with van der Waals surface area (Å²) in [6.45, 7) is 0. The van der Waals surface area contributed by atoms with E-state index in [-0.39, 0.29) is 11.5 Å². The minimum Gasteiger partial charge on any atom is -0.508 e. The third-order valence-electron chi connectivity index (χ3n) is 4.24. The Kier molecular flexibility index (Phi) is 3.28. The second-order valence-corrected chi connectivity index (χ2v) is 5.79. The predicted molar refractivity (Wildman–Crippen MR) is 92.4 cm³/mol. The fourth-order valence-electron chi connectivity index (χ4n) is 3.07. The molecule has 5 nitrogen and oxygen atoms in total. The van der Waals surface area contributed by atoms with Crippen molar-refractivity contribution in [3.8, 4) is 33.8 Å². The maximum atomic E-state index is 12.4. The first-order valence-corrected chi connectivity index (χ1v) is 7.66. The Morgan fingerprint density at radius 2 is 1.08 bits per heavy atom. The molecule has 0 aliphatic carbocycles. The molecule has 122 valence electrons. The van der Waals surface area contributed by atoms with Crippen LogP contribution in [0.15, 0.2) is 60.7 Å². The average molecular weight is 331 g/mol. The van der Waals surface area contributed by atoms with Gasteiger partial charge in [0.05, 0.1) is 11.1 Å². The molecule has 0 bridgehead atoms. The molecule has 0 radical (unpaired) electrons. The summed E-state index contributed by atoms with van der Waals surface area (Å²) in [5.41, 5.74) is 3.54. The summed E-state index contributed by atoms with van der Waals surface area (Å²) in [6, 6.07) is 16.5. The van der Waals surface area contributed by atoms with E-state index < -0.39 is 11.8 Å². The van der Waals surface area contributed by atoms with E-state index in [1.807, 2.05) is 0 Å². The van der Waals surface area contributed by atoms with E-state index in [0.717, 1.165) is 11.1 Å². The SMILES string of the molecule is O=C1NC(=O)c2c1ccc(-c1ccc(O)cc1)c2-c1ccc(O)cc1. The van der Waals surface area contributed by atoms with Gasteiger partial charge in [-0.1, -0.05) is 30.3 Å². The summed E-state index contributed by atoms with van der Waals surface area (Å²) in [6.07, 6.45) is 0. The predicted octanol–water partition coefficient (Wildman–Crippen LogP) is 3.32. The molecule has 3 aromatic rings. The van der Waals surface area contributed by atoms with Crippen LogP contribution in [0.5, 0.6) is 11.5 Å². The number of fused-ring (bicyclic) bond motifs is 1. The van der Waals surface area contributed by atoms with Crippen molar-refractivity contribution in [1.29, 1.82) is 0 Å². The second kappa shape index (κ2) is 5.49. The molecule has 0 fully saturated rings. The van der Waals surface area contributed by atoms with Gasteiger partial charge in [0.2, 0.25) is 0 Å². The Bertz CT molecular complexity index is 1010. The van der Waals surface area contributed by atoms with Crippen molar-refractivity contribution in [2.24, 2.45) is 0 Å². The molecule has 25 heavy (non-hydrogen) atoms. The number of phenolic OH excluding ortho intramolecular Hbond substituents is 2. The van der Waals surface area contributed by atoms with Crippen LogP contribution >= 0.6 is 0 Å². The third-order valence-corrected chi connectivity index (χ3v) is 4.24. The molecule has 0 aromatic heterocycles. The van der Waals surface area contributed by atoms with Crippen LogP contribution in [0.25, 0.3) is 22.3 Å². The summed E-state index contributed by atoms with van der Waals surface area (Å²) in [7, 11) is 0. The quantitative estimate of drug-likeness (QED) is 0.629. The number of aromatic hydroxyl groups is 2. The van der Waals surface area contributed by atoms with E-state index in [2.05, 4.69) is 5.32 Å². The number of nitrogens with one attached hydrogen (secondary N) is 1. The van der Waals surface area contributed by atoms with Gasteiger partial charge in [0.15, 0.2) is 0 Å². The fourth-order valence-corrected chi connectivity index (χ4v) is 3.07. The monoisotopic (exact) mass is 331 g/mol. The number of amides is 2. The number of hydrogen-bond donors (Lipinski definition) is 3. The Balaban J connectivity index is 2.04. The zero-order chi connectivity index (χ0) is 17.6. The summed E-state index contributed by atoms with van der Waals surface area (Å²) in [5, 5.41) is 21.4. The number of hydrogen-bond acceptors (Lipinski definition) is 4. The van der Waals surface area contributed by atoms with Crippen molar-refractivity contribution in [2.75, 3.05) is 0 Å². The van der Waals surface area contributed by atoms with Gasteiger partial charge in [-0.3, -0.25) is 14.9 Å². The number of carbonyl (C=O) groups is 2. The highest BCUT2D eigenvalue weighted by molar-refractivity contribution is 6.25. The number of imide groups is 1. The topological polar surface area (TPSA) is 86.6 Å². The molecule has 5 heteroatoms. The Morgan fingerprint density at radius 1 is 0.560 bits per heavy atom. The molecule has 0 atom stereocenters. The molecule has 1 aliphatic rings. The minimum absolute atomic E-state index is 0.114. The van der Waals surface area contributed by atoms with Crippen molar-refractivity contribution >= 4 is 11.8 Å². The standard InChI is InChI=1S/C20H13NO4/c22-13-5-1-11(2-6-13)15-9-10-16-18(20(25)21-19(16)24)17(15)12-3-7-14(23)8-4-12/h1-10,22-23H,(H,21,24,25). The zero-order valence-electron chi connectivity index (χ0n) is 13.0. The molecule has 0 unspecified atom stereocenters. The van der Waals surface area contributed by atoms with E-state index in [1.165, 1.54) is 12.1 Å². The minimum atomic E-state index is -0.441. The van der Waals surface area contributed by atoms with Gasteiger partial charge in [-0.25, -0.2) is 0 Å². The number of carbonyl (C=O) groups excluding carboxylic acids is 2.